The molecule has 2 rings (SSSR count). The van der Waals surface area contributed by atoms with Gasteiger partial charge in [-0.1, -0.05) is 0 Å². The Labute approximate surface area is 122 Å². The predicted molar refractivity (Wildman–Crippen MR) is 72.1 cm³/mol. The lowest BCUT2D eigenvalue weighted by atomic mass is 10.1. The number of carbonyl (C=O) groups is 1. The first-order valence-corrected chi connectivity index (χ1v) is 7.86. The van der Waals surface area contributed by atoms with Gasteiger partial charge in [0.2, 0.25) is 10.0 Å². The second kappa shape index (κ2) is 6.08. The number of hydrogen-bond donors (Lipinski definition) is 1. The van der Waals surface area contributed by atoms with Crippen LogP contribution >= 0.6 is 0 Å². The van der Waals surface area contributed by atoms with Gasteiger partial charge in [-0.15, -0.1) is 0 Å². The highest BCUT2D eigenvalue weighted by molar-refractivity contribution is 7.89. The molecule has 1 unspecified atom stereocenters. The minimum absolute atomic E-state index is 0.166. The van der Waals surface area contributed by atoms with Gasteiger partial charge in [0.15, 0.2) is 0 Å². The van der Waals surface area contributed by atoms with Gasteiger partial charge in [-0.05, 0) is 31.0 Å². The molecule has 1 aliphatic heterocycles. The van der Waals surface area contributed by atoms with Crippen molar-refractivity contribution in [2.45, 2.75) is 23.8 Å². The van der Waals surface area contributed by atoms with Crippen molar-refractivity contribution in [3.05, 3.63) is 29.6 Å². The van der Waals surface area contributed by atoms with Gasteiger partial charge >= 0.3 is 5.97 Å². The fourth-order valence-electron chi connectivity index (χ4n) is 2.30. The molecular weight excluding hydrogens is 301 g/mol. The predicted octanol–water partition coefficient (Wildman–Crippen LogP) is 1.32. The zero-order chi connectivity index (χ0) is 15.6. The Kier molecular flexibility index (Phi) is 4.60. The average molecular weight is 317 g/mol. The molecule has 1 saturated heterocycles. The van der Waals surface area contributed by atoms with Crippen LogP contribution in [0.15, 0.2) is 23.1 Å². The molecule has 1 aliphatic rings. The summed E-state index contributed by atoms with van der Waals surface area (Å²) in [6, 6.07) is 2.79. The van der Waals surface area contributed by atoms with Crippen molar-refractivity contribution in [1.82, 2.24) is 4.31 Å². The van der Waals surface area contributed by atoms with Gasteiger partial charge < -0.3 is 9.84 Å². The molecule has 1 fully saturated rings. The van der Waals surface area contributed by atoms with Crippen molar-refractivity contribution in [2.75, 3.05) is 20.2 Å². The summed E-state index contributed by atoms with van der Waals surface area (Å²) in [5.74, 6) is -2.37. The number of carboxylic acid groups (broad SMARTS) is 1. The summed E-state index contributed by atoms with van der Waals surface area (Å²) in [7, 11) is -2.49. The number of benzene rings is 1. The molecule has 0 bridgehead atoms. The van der Waals surface area contributed by atoms with Gasteiger partial charge in [0.25, 0.3) is 0 Å². The second-order valence-electron chi connectivity index (χ2n) is 4.81. The highest BCUT2D eigenvalue weighted by Gasteiger charge is 2.32. The minimum Gasteiger partial charge on any atom is -0.478 e. The Hall–Kier alpha value is -1.51. The van der Waals surface area contributed by atoms with Crippen molar-refractivity contribution in [3.8, 4) is 0 Å². The Morgan fingerprint density at radius 1 is 1.48 bits per heavy atom. The molecule has 1 atom stereocenters. The molecule has 6 nitrogen and oxygen atoms in total. The van der Waals surface area contributed by atoms with E-state index in [0.717, 1.165) is 18.6 Å². The van der Waals surface area contributed by atoms with Gasteiger partial charge in [-0.2, -0.15) is 4.31 Å². The number of sulfonamides is 1. The van der Waals surface area contributed by atoms with Crippen LogP contribution in [0.5, 0.6) is 0 Å². The van der Waals surface area contributed by atoms with E-state index in [0.29, 0.717) is 19.0 Å². The molecule has 1 aromatic carbocycles. The normalized spacial score (nSPS) is 20.4. The van der Waals surface area contributed by atoms with E-state index in [1.165, 1.54) is 11.4 Å². The summed E-state index contributed by atoms with van der Waals surface area (Å²) in [5, 5.41) is 8.78. The van der Waals surface area contributed by atoms with Crippen LogP contribution < -0.4 is 0 Å². The molecular formula is C13H16FNO5S. The number of ether oxygens (including phenoxy) is 1. The molecule has 1 heterocycles. The molecule has 8 heteroatoms. The standard InChI is InChI=1S/C13H16FNO5S/c1-20-10-3-2-6-15(8-10)21(18,19)12-5-4-9(13(16)17)7-11(12)14/h4-5,7,10H,2-3,6,8H2,1H3,(H,16,17). The number of hydrogen-bond acceptors (Lipinski definition) is 4. The summed E-state index contributed by atoms with van der Waals surface area (Å²) in [5.41, 5.74) is -0.292. The van der Waals surface area contributed by atoms with Crippen LogP contribution in [0.2, 0.25) is 0 Å². The van der Waals surface area contributed by atoms with E-state index in [2.05, 4.69) is 0 Å². The second-order valence-corrected chi connectivity index (χ2v) is 6.72. The van der Waals surface area contributed by atoms with Crippen LogP contribution in [0.3, 0.4) is 0 Å². The van der Waals surface area contributed by atoms with Crippen LogP contribution in [-0.4, -0.2) is 50.1 Å². The summed E-state index contributed by atoms with van der Waals surface area (Å²) < 4.78 is 45.1. The van der Waals surface area contributed by atoms with E-state index in [-0.39, 0.29) is 18.2 Å². The van der Waals surface area contributed by atoms with E-state index in [9.17, 15) is 17.6 Å². The molecule has 0 aromatic heterocycles. The molecule has 0 aliphatic carbocycles. The van der Waals surface area contributed by atoms with Crippen LogP contribution in [0.4, 0.5) is 4.39 Å². The van der Waals surface area contributed by atoms with Crippen LogP contribution in [0.1, 0.15) is 23.2 Å². The molecule has 0 amide bonds. The highest BCUT2D eigenvalue weighted by Crippen LogP contribution is 2.24. The first kappa shape index (κ1) is 15.9. The van der Waals surface area contributed by atoms with Crippen molar-refractivity contribution in [1.29, 1.82) is 0 Å². The van der Waals surface area contributed by atoms with E-state index >= 15 is 0 Å². The molecule has 0 spiro atoms. The first-order chi connectivity index (χ1) is 9.86. The Morgan fingerprint density at radius 3 is 2.76 bits per heavy atom. The molecule has 116 valence electrons. The minimum atomic E-state index is -3.99. The zero-order valence-electron chi connectivity index (χ0n) is 11.5. The quantitative estimate of drug-likeness (QED) is 0.905. The molecule has 1 N–H and O–H groups in total. The third-order valence-electron chi connectivity index (χ3n) is 3.47. The smallest absolute Gasteiger partial charge is 0.335 e. The number of halogens is 1. The van der Waals surface area contributed by atoms with Gasteiger partial charge in [-0.3, -0.25) is 0 Å². The van der Waals surface area contributed by atoms with Crippen molar-refractivity contribution in [2.24, 2.45) is 0 Å². The lowest BCUT2D eigenvalue weighted by molar-refractivity contribution is 0.0571. The molecule has 0 radical (unpaired) electrons. The fourth-order valence-corrected chi connectivity index (χ4v) is 3.85. The fraction of sp³-hybridized carbons (Fsp3) is 0.462. The maximum Gasteiger partial charge on any atom is 0.335 e. The maximum absolute atomic E-state index is 13.9. The summed E-state index contributed by atoms with van der Waals surface area (Å²) in [6.45, 7) is 0.460. The van der Waals surface area contributed by atoms with Crippen LogP contribution in [0, 0.1) is 5.82 Å². The third kappa shape index (κ3) is 3.22. The van der Waals surface area contributed by atoms with E-state index in [1.54, 1.807) is 0 Å². The number of methoxy groups -OCH3 is 1. The summed E-state index contributed by atoms with van der Waals surface area (Å²) in [6.07, 6.45) is 1.17. The Morgan fingerprint density at radius 2 is 2.19 bits per heavy atom. The third-order valence-corrected chi connectivity index (χ3v) is 5.37. The summed E-state index contributed by atoms with van der Waals surface area (Å²) in [4.78, 5) is 10.2. The zero-order valence-corrected chi connectivity index (χ0v) is 12.3. The number of rotatable bonds is 4. The lowest BCUT2D eigenvalue weighted by Crippen LogP contribution is -2.43. The lowest BCUT2D eigenvalue weighted by Gasteiger charge is -2.31. The van der Waals surface area contributed by atoms with Gasteiger partial charge in [0.05, 0.1) is 11.7 Å². The largest absolute Gasteiger partial charge is 0.478 e. The topological polar surface area (TPSA) is 83.9 Å². The number of piperidine rings is 1. The monoisotopic (exact) mass is 317 g/mol. The molecule has 21 heavy (non-hydrogen) atoms. The maximum atomic E-state index is 13.9. The Balaban J connectivity index is 2.33. The van der Waals surface area contributed by atoms with Crippen LogP contribution in [0.25, 0.3) is 0 Å². The Bertz CT molecular complexity index is 646. The van der Waals surface area contributed by atoms with E-state index in [4.69, 9.17) is 9.84 Å². The van der Waals surface area contributed by atoms with Gasteiger partial charge in [0.1, 0.15) is 10.7 Å². The molecule has 0 saturated carbocycles. The van der Waals surface area contributed by atoms with Crippen molar-refractivity contribution >= 4 is 16.0 Å². The van der Waals surface area contributed by atoms with E-state index < -0.39 is 26.7 Å². The number of aromatic carboxylic acids is 1. The van der Waals surface area contributed by atoms with Crippen molar-refractivity contribution < 1.29 is 27.4 Å². The van der Waals surface area contributed by atoms with Crippen LogP contribution in [-0.2, 0) is 14.8 Å². The number of carboxylic acids is 1. The van der Waals surface area contributed by atoms with E-state index in [1.807, 2.05) is 0 Å². The number of nitrogens with zero attached hydrogens (tertiary/aromatic N) is 1. The van der Waals surface area contributed by atoms with Gasteiger partial charge in [-0.25, -0.2) is 17.6 Å². The highest BCUT2D eigenvalue weighted by atomic mass is 32.2. The SMILES string of the molecule is COC1CCCN(S(=O)(=O)c2ccc(C(=O)O)cc2F)C1. The summed E-state index contributed by atoms with van der Waals surface area (Å²) >= 11 is 0. The first-order valence-electron chi connectivity index (χ1n) is 6.42. The average Bonchev–Trinajstić information content (AvgIpc) is 2.46. The molecule has 1 aromatic rings. The van der Waals surface area contributed by atoms with Gasteiger partial charge in [0, 0.05) is 20.2 Å². The van der Waals surface area contributed by atoms with Crippen molar-refractivity contribution in [3.63, 3.8) is 0 Å².